The van der Waals surface area contributed by atoms with E-state index in [1.807, 2.05) is 19.1 Å². The van der Waals surface area contributed by atoms with E-state index in [4.69, 9.17) is 20.5 Å². The van der Waals surface area contributed by atoms with Crippen LogP contribution in [0.1, 0.15) is 46.6 Å². The monoisotopic (exact) mass is 359 g/mol. The molecule has 0 radical (unpaired) electrons. The number of benzene rings is 1. The van der Waals surface area contributed by atoms with Gasteiger partial charge in [0, 0.05) is 24.0 Å². The van der Waals surface area contributed by atoms with Crippen molar-refractivity contribution in [1.29, 1.82) is 0 Å². The van der Waals surface area contributed by atoms with Gasteiger partial charge in [0.15, 0.2) is 17.2 Å². The van der Waals surface area contributed by atoms with E-state index in [1.165, 1.54) is 0 Å². The summed E-state index contributed by atoms with van der Waals surface area (Å²) in [6.45, 7) is 4.91. The Hall–Kier alpha value is -2.34. The maximum atomic E-state index is 13.0. The molecule has 2 aromatic heterocycles. The Kier molecular flexibility index (Phi) is 4.00. The van der Waals surface area contributed by atoms with Crippen molar-refractivity contribution in [2.24, 2.45) is 0 Å². The van der Waals surface area contributed by atoms with Crippen LogP contribution in [0.15, 0.2) is 27.1 Å². The summed E-state index contributed by atoms with van der Waals surface area (Å²) in [6.07, 6.45) is 1.81. The molecule has 1 aliphatic heterocycles. The summed E-state index contributed by atoms with van der Waals surface area (Å²) in [7, 11) is 0. The number of para-hydroxylation sites is 1. The fourth-order valence-electron chi connectivity index (χ4n) is 3.40. The van der Waals surface area contributed by atoms with Gasteiger partial charge in [0.1, 0.15) is 0 Å². The summed E-state index contributed by atoms with van der Waals surface area (Å²) in [5.74, 6) is 1.50. The Morgan fingerprint density at radius 3 is 2.92 bits per heavy atom. The quantitative estimate of drug-likeness (QED) is 0.688. The topological polar surface area (TPSA) is 72.4 Å². The molecule has 0 bridgehead atoms. The number of rotatable bonds is 2. The van der Waals surface area contributed by atoms with Crippen LogP contribution in [0.25, 0.3) is 11.0 Å². The molecular weight excluding hydrogens is 342 g/mol. The highest BCUT2D eigenvalue weighted by Gasteiger charge is 2.31. The molecule has 6 nitrogen and oxygen atoms in total. The predicted octanol–water partition coefficient (Wildman–Crippen LogP) is 4.11. The van der Waals surface area contributed by atoms with Crippen molar-refractivity contribution in [2.75, 3.05) is 13.1 Å². The number of likely N-dealkylation sites (tertiary alicyclic amines) is 1. The third kappa shape index (κ3) is 2.80. The standard InChI is InChI=1S/C18H18ClN3O3/c1-10-13-6-3-7-14(19)16(13)24-15(10)18(23)22-8-4-5-12(9-22)17-20-11(2)21-25-17/h3,6-7,12H,4-5,8-9H2,1-2H3. The minimum Gasteiger partial charge on any atom is -0.449 e. The van der Waals surface area contributed by atoms with Gasteiger partial charge in [0.25, 0.3) is 5.91 Å². The zero-order valence-electron chi connectivity index (χ0n) is 14.1. The van der Waals surface area contributed by atoms with Gasteiger partial charge in [-0.15, -0.1) is 0 Å². The Morgan fingerprint density at radius 1 is 1.36 bits per heavy atom. The van der Waals surface area contributed by atoms with Gasteiger partial charge < -0.3 is 13.8 Å². The van der Waals surface area contributed by atoms with E-state index in [-0.39, 0.29) is 11.8 Å². The molecule has 7 heteroatoms. The van der Waals surface area contributed by atoms with Gasteiger partial charge in [-0.2, -0.15) is 4.98 Å². The molecule has 0 saturated carbocycles. The van der Waals surface area contributed by atoms with Crippen LogP contribution in [0.5, 0.6) is 0 Å². The number of fused-ring (bicyclic) bond motifs is 1. The third-order valence-electron chi connectivity index (χ3n) is 4.71. The molecule has 0 aliphatic carbocycles. The smallest absolute Gasteiger partial charge is 0.289 e. The highest BCUT2D eigenvalue weighted by molar-refractivity contribution is 6.35. The van der Waals surface area contributed by atoms with Gasteiger partial charge in [0.05, 0.1) is 10.9 Å². The maximum absolute atomic E-state index is 13.0. The molecular formula is C18H18ClN3O3. The number of nitrogens with zero attached hydrogens (tertiary/aromatic N) is 3. The second-order valence-corrected chi connectivity index (χ2v) is 6.85. The molecule has 25 heavy (non-hydrogen) atoms. The highest BCUT2D eigenvalue weighted by atomic mass is 35.5. The number of piperidine rings is 1. The average molecular weight is 360 g/mol. The van der Waals surface area contributed by atoms with Crippen LogP contribution < -0.4 is 0 Å². The molecule has 3 heterocycles. The molecule has 1 amide bonds. The molecule has 1 unspecified atom stereocenters. The fourth-order valence-corrected chi connectivity index (χ4v) is 3.61. The summed E-state index contributed by atoms with van der Waals surface area (Å²) in [6, 6.07) is 5.53. The molecule has 1 fully saturated rings. The number of hydrogen-bond acceptors (Lipinski definition) is 5. The number of amides is 1. The number of halogens is 1. The van der Waals surface area contributed by atoms with Crippen LogP contribution in [0.2, 0.25) is 5.02 Å². The summed E-state index contributed by atoms with van der Waals surface area (Å²) in [5.41, 5.74) is 1.38. The van der Waals surface area contributed by atoms with Crippen LogP contribution >= 0.6 is 11.6 Å². The zero-order valence-corrected chi connectivity index (χ0v) is 14.8. The number of hydrogen-bond donors (Lipinski definition) is 0. The Bertz CT molecular complexity index is 946. The lowest BCUT2D eigenvalue weighted by atomic mass is 9.97. The minimum absolute atomic E-state index is 0.0622. The number of aromatic nitrogens is 2. The van der Waals surface area contributed by atoms with Crippen molar-refractivity contribution in [3.8, 4) is 0 Å². The van der Waals surface area contributed by atoms with E-state index >= 15 is 0 Å². The van der Waals surface area contributed by atoms with Crippen LogP contribution in [0.4, 0.5) is 0 Å². The summed E-state index contributed by atoms with van der Waals surface area (Å²) >= 11 is 6.19. The first-order chi connectivity index (χ1) is 12.0. The van der Waals surface area contributed by atoms with E-state index in [0.717, 1.165) is 23.8 Å². The minimum atomic E-state index is -0.120. The van der Waals surface area contributed by atoms with Gasteiger partial charge in [-0.3, -0.25) is 4.79 Å². The van der Waals surface area contributed by atoms with Gasteiger partial charge >= 0.3 is 0 Å². The summed E-state index contributed by atoms with van der Waals surface area (Å²) in [5, 5.41) is 5.23. The third-order valence-corrected chi connectivity index (χ3v) is 5.01. The number of aryl methyl sites for hydroxylation is 2. The van der Waals surface area contributed by atoms with Crippen molar-refractivity contribution in [1.82, 2.24) is 15.0 Å². The van der Waals surface area contributed by atoms with E-state index in [0.29, 0.717) is 41.2 Å². The second-order valence-electron chi connectivity index (χ2n) is 6.44. The zero-order chi connectivity index (χ0) is 17.6. The molecule has 0 N–H and O–H groups in total. The Balaban J connectivity index is 1.62. The van der Waals surface area contributed by atoms with Crippen molar-refractivity contribution >= 4 is 28.5 Å². The molecule has 1 atom stereocenters. The van der Waals surface area contributed by atoms with Crippen LogP contribution in [-0.4, -0.2) is 34.0 Å². The highest BCUT2D eigenvalue weighted by Crippen LogP contribution is 2.33. The number of furan rings is 1. The number of carbonyl (C=O) groups is 1. The molecule has 3 aromatic rings. The summed E-state index contributed by atoms with van der Waals surface area (Å²) < 4.78 is 11.1. The van der Waals surface area contributed by atoms with E-state index < -0.39 is 0 Å². The Morgan fingerprint density at radius 2 is 2.20 bits per heavy atom. The van der Waals surface area contributed by atoms with Crippen LogP contribution in [0.3, 0.4) is 0 Å². The van der Waals surface area contributed by atoms with Gasteiger partial charge in [0.2, 0.25) is 5.89 Å². The molecule has 4 rings (SSSR count). The molecule has 1 aromatic carbocycles. The van der Waals surface area contributed by atoms with Crippen LogP contribution in [-0.2, 0) is 0 Å². The SMILES string of the molecule is Cc1noc(C2CCCN(C(=O)c3oc4c(Cl)cccc4c3C)C2)n1. The normalized spacial score (nSPS) is 18.0. The lowest BCUT2D eigenvalue weighted by molar-refractivity contribution is 0.0665. The first kappa shape index (κ1) is 16.1. The van der Waals surface area contributed by atoms with Crippen LogP contribution in [0, 0.1) is 13.8 Å². The largest absolute Gasteiger partial charge is 0.449 e. The van der Waals surface area contributed by atoms with Gasteiger partial charge in [-0.05, 0) is 32.8 Å². The van der Waals surface area contributed by atoms with Gasteiger partial charge in [-0.1, -0.05) is 28.9 Å². The lowest BCUT2D eigenvalue weighted by Crippen LogP contribution is -2.39. The molecule has 1 aliphatic rings. The van der Waals surface area contributed by atoms with Gasteiger partial charge in [-0.25, -0.2) is 0 Å². The second kappa shape index (κ2) is 6.19. The van der Waals surface area contributed by atoms with Crippen molar-refractivity contribution < 1.29 is 13.7 Å². The lowest BCUT2D eigenvalue weighted by Gasteiger charge is -2.30. The molecule has 1 saturated heterocycles. The van der Waals surface area contributed by atoms with E-state index in [2.05, 4.69) is 10.1 Å². The fraction of sp³-hybridized carbons (Fsp3) is 0.389. The first-order valence-corrected chi connectivity index (χ1v) is 8.69. The van der Waals surface area contributed by atoms with Crippen molar-refractivity contribution in [3.05, 3.63) is 46.3 Å². The average Bonchev–Trinajstić information content (AvgIpc) is 3.20. The van der Waals surface area contributed by atoms with E-state index in [1.54, 1.807) is 17.9 Å². The summed E-state index contributed by atoms with van der Waals surface area (Å²) in [4.78, 5) is 19.1. The molecule has 130 valence electrons. The van der Waals surface area contributed by atoms with Crippen molar-refractivity contribution in [2.45, 2.75) is 32.6 Å². The predicted molar refractivity (Wildman–Crippen MR) is 92.9 cm³/mol. The number of carbonyl (C=O) groups excluding carboxylic acids is 1. The van der Waals surface area contributed by atoms with Crippen molar-refractivity contribution in [3.63, 3.8) is 0 Å². The Labute approximate surface area is 149 Å². The maximum Gasteiger partial charge on any atom is 0.289 e. The van der Waals surface area contributed by atoms with E-state index in [9.17, 15) is 4.79 Å². The molecule has 0 spiro atoms. The first-order valence-electron chi connectivity index (χ1n) is 8.31.